The first-order chi connectivity index (χ1) is 11.3. The minimum absolute atomic E-state index is 0.109. The zero-order chi connectivity index (χ0) is 18.9. The molecule has 0 radical (unpaired) electrons. The lowest BCUT2D eigenvalue weighted by Gasteiger charge is -2.22. The fourth-order valence-corrected chi connectivity index (χ4v) is 2.35. The summed E-state index contributed by atoms with van der Waals surface area (Å²) in [6, 6.07) is 4.90. The summed E-state index contributed by atoms with van der Waals surface area (Å²) in [6.07, 6.45) is 1.08. The molecule has 1 amide bonds. The van der Waals surface area contributed by atoms with Gasteiger partial charge in [-0.2, -0.15) is 0 Å². The zero-order valence-electron chi connectivity index (χ0n) is 15.3. The molecule has 0 aromatic heterocycles. The molecule has 3 N–H and O–H groups in total. The molecule has 1 aliphatic carbocycles. The molecule has 0 fully saturated rings. The normalized spacial score (nSPS) is 15.0. The van der Waals surface area contributed by atoms with Crippen molar-refractivity contribution in [1.82, 2.24) is 5.32 Å². The first-order valence-corrected chi connectivity index (χ1v) is 8.06. The van der Waals surface area contributed by atoms with Crippen LogP contribution in [0.15, 0.2) is 18.2 Å². The lowest BCUT2D eigenvalue weighted by molar-refractivity contribution is 0.0503. The van der Waals surface area contributed by atoms with Gasteiger partial charge in [0.25, 0.3) is 0 Å². The fourth-order valence-electron chi connectivity index (χ4n) is 2.35. The van der Waals surface area contributed by atoms with Crippen molar-refractivity contribution >= 4 is 12.1 Å². The number of aliphatic hydroxyl groups is 1. The Hall–Kier alpha value is -2.08. The van der Waals surface area contributed by atoms with Crippen LogP contribution in [0.1, 0.15) is 68.6 Å². The molecular weight excluding hydrogens is 310 g/mol. The lowest BCUT2D eigenvalue weighted by atomic mass is 10.0. The van der Waals surface area contributed by atoms with E-state index in [0.717, 1.165) is 31.1 Å². The van der Waals surface area contributed by atoms with E-state index in [-0.39, 0.29) is 11.6 Å². The van der Waals surface area contributed by atoms with Crippen LogP contribution in [0.5, 0.6) is 0 Å². The van der Waals surface area contributed by atoms with Crippen molar-refractivity contribution in [2.24, 2.45) is 0 Å². The number of hydrogen-bond donors (Lipinski definition) is 3. The van der Waals surface area contributed by atoms with Crippen LogP contribution in [0.4, 0.5) is 4.79 Å². The van der Waals surface area contributed by atoms with Gasteiger partial charge in [0.1, 0.15) is 5.60 Å². The maximum absolute atomic E-state index is 11.8. The van der Waals surface area contributed by atoms with Crippen molar-refractivity contribution in [3.63, 3.8) is 0 Å². The highest BCUT2D eigenvalue weighted by molar-refractivity contribution is 5.88. The summed E-state index contributed by atoms with van der Waals surface area (Å²) in [7, 11) is 1.00. The molecule has 1 aliphatic rings. The van der Waals surface area contributed by atoms with E-state index in [1.54, 1.807) is 18.2 Å². The fraction of sp³-hybridized carbons (Fsp3) is 0.556. The Morgan fingerprint density at radius 2 is 1.79 bits per heavy atom. The number of alkyl carbamates (subject to hydrolysis) is 1. The van der Waals surface area contributed by atoms with E-state index < -0.39 is 17.7 Å². The summed E-state index contributed by atoms with van der Waals surface area (Å²) in [6.45, 7) is 9.44. The number of ether oxygens (including phenoxy) is 1. The Morgan fingerprint density at radius 3 is 2.29 bits per heavy atom. The third kappa shape index (κ3) is 6.58. The predicted molar refractivity (Wildman–Crippen MR) is 93.3 cm³/mol. The molecule has 0 saturated carbocycles. The van der Waals surface area contributed by atoms with Crippen LogP contribution in [0.2, 0.25) is 0 Å². The topological polar surface area (TPSA) is 95.9 Å². The van der Waals surface area contributed by atoms with Crippen molar-refractivity contribution in [2.75, 3.05) is 7.11 Å². The number of nitrogens with one attached hydrogen (secondary N) is 1. The molecule has 1 aromatic rings. The Kier molecular flexibility index (Phi) is 9.07. The van der Waals surface area contributed by atoms with Gasteiger partial charge in [0, 0.05) is 7.11 Å². The van der Waals surface area contributed by atoms with Crippen molar-refractivity contribution in [1.29, 1.82) is 0 Å². The van der Waals surface area contributed by atoms with Crippen molar-refractivity contribution < 1.29 is 24.5 Å². The van der Waals surface area contributed by atoms with Crippen molar-refractivity contribution in [3.05, 3.63) is 34.9 Å². The number of aryl methyl sites for hydroxylation is 1. The number of aliphatic hydroxyl groups excluding tert-OH is 1. The molecule has 0 spiro atoms. The van der Waals surface area contributed by atoms with E-state index in [1.165, 1.54) is 0 Å². The second-order valence-corrected chi connectivity index (χ2v) is 5.96. The quantitative estimate of drug-likeness (QED) is 0.766. The van der Waals surface area contributed by atoms with Crippen LogP contribution in [-0.4, -0.2) is 35.0 Å². The van der Waals surface area contributed by atoms with E-state index in [2.05, 4.69) is 5.32 Å². The summed E-state index contributed by atoms with van der Waals surface area (Å²) < 4.78 is 5.23. The summed E-state index contributed by atoms with van der Waals surface area (Å²) >= 11 is 0. The molecule has 0 saturated heterocycles. The minimum atomic E-state index is -0.934. The number of fused-ring (bicyclic) bond motifs is 1. The Balaban J connectivity index is 0.00000123. The number of benzene rings is 1. The Morgan fingerprint density at radius 1 is 1.21 bits per heavy atom. The van der Waals surface area contributed by atoms with E-state index >= 15 is 0 Å². The summed E-state index contributed by atoms with van der Waals surface area (Å²) in [5.74, 6) is -0.934. The number of amides is 1. The summed E-state index contributed by atoms with van der Waals surface area (Å²) in [5, 5.41) is 18.8. The van der Waals surface area contributed by atoms with Gasteiger partial charge in [-0.1, -0.05) is 19.9 Å². The van der Waals surface area contributed by atoms with Crippen LogP contribution >= 0.6 is 0 Å². The maximum atomic E-state index is 11.8. The largest absolute Gasteiger partial charge is 0.478 e. The number of rotatable bonds is 2. The Labute approximate surface area is 143 Å². The lowest BCUT2D eigenvalue weighted by Crippen LogP contribution is -2.34. The average molecular weight is 339 g/mol. The molecule has 0 bridgehead atoms. The monoisotopic (exact) mass is 339 g/mol. The molecule has 0 aliphatic heterocycles. The third-order valence-electron chi connectivity index (χ3n) is 3.16. The van der Waals surface area contributed by atoms with Crippen LogP contribution in [0.3, 0.4) is 0 Å². The van der Waals surface area contributed by atoms with Crippen molar-refractivity contribution in [3.8, 4) is 0 Å². The minimum Gasteiger partial charge on any atom is -0.478 e. The number of carboxylic acids is 1. The van der Waals surface area contributed by atoms with Crippen LogP contribution < -0.4 is 5.32 Å². The van der Waals surface area contributed by atoms with Gasteiger partial charge in [0.2, 0.25) is 0 Å². The molecule has 1 aromatic carbocycles. The van der Waals surface area contributed by atoms with Gasteiger partial charge in [0.05, 0.1) is 11.6 Å². The molecule has 136 valence electrons. The number of carbonyl (C=O) groups excluding carboxylic acids is 1. The van der Waals surface area contributed by atoms with Gasteiger partial charge in [-0.05, 0) is 56.9 Å². The number of aromatic carboxylic acids is 1. The van der Waals surface area contributed by atoms with E-state index in [4.69, 9.17) is 14.9 Å². The molecular formula is C18H29NO5. The first kappa shape index (κ1) is 21.9. The van der Waals surface area contributed by atoms with Crippen molar-refractivity contribution in [2.45, 2.75) is 59.1 Å². The third-order valence-corrected chi connectivity index (χ3v) is 3.16. The molecule has 0 heterocycles. The Bertz CT molecular complexity index is 549. The van der Waals surface area contributed by atoms with Gasteiger partial charge in [-0.25, -0.2) is 9.59 Å². The molecule has 6 heteroatoms. The first-order valence-electron chi connectivity index (χ1n) is 8.06. The highest BCUT2D eigenvalue weighted by atomic mass is 16.6. The zero-order valence-corrected chi connectivity index (χ0v) is 15.3. The van der Waals surface area contributed by atoms with E-state index in [0.29, 0.717) is 0 Å². The molecule has 2 rings (SSSR count). The molecule has 1 unspecified atom stereocenters. The molecule has 1 atom stereocenters. The predicted octanol–water partition coefficient (Wildman–Crippen LogP) is 3.53. The van der Waals surface area contributed by atoms with Gasteiger partial charge >= 0.3 is 12.1 Å². The van der Waals surface area contributed by atoms with Gasteiger partial charge in [0.15, 0.2) is 0 Å². The number of carboxylic acid groups (broad SMARTS) is 1. The highest BCUT2D eigenvalue weighted by Gasteiger charge is 2.26. The average Bonchev–Trinajstić information content (AvgIpc) is 2.91. The number of carbonyl (C=O) groups is 2. The van der Waals surface area contributed by atoms with Gasteiger partial charge < -0.3 is 20.3 Å². The standard InChI is InChI=1S/C15H19NO4.C2H6.CH4O/c1-15(2,3)20-14(19)16-12-7-5-9-8-10(13(17)18)4-6-11(9)12;2*1-2/h4,6,8,12H,5,7H2,1-3H3,(H,16,19)(H,17,18);1-2H3;2H,1H3. The smallest absolute Gasteiger partial charge is 0.408 e. The SMILES string of the molecule is CC.CC(C)(C)OC(=O)NC1CCc2cc(C(=O)O)ccc21.CO. The molecule has 6 nitrogen and oxygen atoms in total. The maximum Gasteiger partial charge on any atom is 0.408 e. The van der Waals surface area contributed by atoms with Gasteiger partial charge in [-0.15, -0.1) is 0 Å². The van der Waals surface area contributed by atoms with Gasteiger partial charge in [-0.3, -0.25) is 0 Å². The highest BCUT2D eigenvalue weighted by Crippen LogP contribution is 2.32. The van der Waals surface area contributed by atoms with Crippen LogP contribution in [-0.2, 0) is 11.2 Å². The second-order valence-electron chi connectivity index (χ2n) is 5.96. The second kappa shape index (κ2) is 9.93. The van der Waals surface area contributed by atoms with Crippen LogP contribution in [0.25, 0.3) is 0 Å². The summed E-state index contributed by atoms with van der Waals surface area (Å²) in [4.78, 5) is 22.7. The van der Waals surface area contributed by atoms with E-state index in [1.807, 2.05) is 34.6 Å². The van der Waals surface area contributed by atoms with Crippen LogP contribution in [0, 0.1) is 0 Å². The summed E-state index contributed by atoms with van der Waals surface area (Å²) in [5.41, 5.74) is 1.70. The molecule has 24 heavy (non-hydrogen) atoms. The van der Waals surface area contributed by atoms with E-state index in [9.17, 15) is 9.59 Å². The number of hydrogen-bond acceptors (Lipinski definition) is 4.